The third-order valence-electron chi connectivity index (χ3n) is 1.90. The van der Waals surface area contributed by atoms with Gasteiger partial charge >= 0.3 is 5.97 Å². The monoisotopic (exact) mass is 259 g/mol. The zero-order valence-corrected chi connectivity index (χ0v) is 10.8. The fraction of sp³-hybridized carbons (Fsp3) is 0.556. The van der Waals surface area contributed by atoms with Crippen LogP contribution in [0.5, 0.6) is 0 Å². The Balaban J connectivity index is 2.87. The molecule has 0 radical (unpaired) electrons. The van der Waals surface area contributed by atoms with Gasteiger partial charge in [0, 0.05) is 14.1 Å². The van der Waals surface area contributed by atoms with Crippen LogP contribution in [-0.2, 0) is 9.53 Å². The summed E-state index contributed by atoms with van der Waals surface area (Å²) in [5.41, 5.74) is 0. The molecule has 0 bridgehead atoms. The minimum absolute atomic E-state index is 0.0586. The first-order chi connectivity index (χ1) is 7.93. The van der Waals surface area contributed by atoms with Gasteiger partial charge in [0.25, 0.3) is 0 Å². The summed E-state index contributed by atoms with van der Waals surface area (Å²) in [5.74, 6) is 0.226. The molecule has 1 aromatic rings. The molecular formula is C9H14ClN5O2. The van der Waals surface area contributed by atoms with Crippen LogP contribution in [0.1, 0.15) is 6.92 Å². The Bertz CT molecular complexity index is 412. The van der Waals surface area contributed by atoms with E-state index in [9.17, 15) is 4.79 Å². The van der Waals surface area contributed by atoms with E-state index in [-0.39, 0.29) is 11.2 Å². The van der Waals surface area contributed by atoms with Gasteiger partial charge in [0.05, 0.1) is 7.11 Å². The van der Waals surface area contributed by atoms with Crippen molar-refractivity contribution in [2.75, 3.05) is 31.4 Å². The number of nitrogens with zero attached hydrogens (tertiary/aromatic N) is 4. The smallest absolute Gasteiger partial charge is 0.328 e. The van der Waals surface area contributed by atoms with Gasteiger partial charge in [0.2, 0.25) is 17.2 Å². The molecule has 0 amide bonds. The minimum Gasteiger partial charge on any atom is -0.467 e. The summed E-state index contributed by atoms with van der Waals surface area (Å²) < 4.78 is 4.58. The van der Waals surface area contributed by atoms with E-state index >= 15 is 0 Å². The maximum absolute atomic E-state index is 11.2. The highest BCUT2D eigenvalue weighted by Gasteiger charge is 2.15. The van der Waals surface area contributed by atoms with Gasteiger partial charge in [-0.15, -0.1) is 0 Å². The number of halogens is 1. The second-order valence-electron chi connectivity index (χ2n) is 3.51. The molecule has 17 heavy (non-hydrogen) atoms. The van der Waals surface area contributed by atoms with Crippen molar-refractivity contribution < 1.29 is 9.53 Å². The fourth-order valence-corrected chi connectivity index (χ4v) is 1.19. The number of esters is 1. The Labute approximate surface area is 104 Å². The summed E-state index contributed by atoms with van der Waals surface area (Å²) in [6, 6.07) is -0.562. The molecule has 0 aliphatic carbocycles. The second kappa shape index (κ2) is 5.62. The van der Waals surface area contributed by atoms with Crippen LogP contribution in [0.3, 0.4) is 0 Å². The molecule has 0 aliphatic heterocycles. The fourth-order valence-electron chi connectivity index (χ4n) is 1.03. The molecule has 7 nitrogen and oxygen atoms in total. The Morgan fingerprint density at radius 2 is 2.06 bits per heavy atom. The molecule has 0 aromatic carbocycles. The number of carbonyl (C=O) groups is 1. The molecular weight excluding hydrogens is 246 g/mol. The lowest BCUT2D eigenvalue weighted by Gasteiger charge is -2.14. The van der Waals surface area contributed by atoms with Crippen molar-refractivity contribution in [3.05, 3.63) is 5.28 Å². The zero-order chi connectivity index (χ0) is 13.0. The summed E-state index contributed by atoms with van der Waals surface area (Å²) >= 11 is 5.75. The van der Waals surface area contributed by atoms with Crippen molar-refractivity contribution >= 4 is 29.5 Å². The van der Waals surface area contributed by atoms with Crippen molar-refractivity contribution in [2.24, 2.45) is 0 Å². The Morgan fingerprint density at radius 3 is 2.59 bits per heavy atom. The van der Waals surface area contributed by atoms with Crippen LogP contribution in [0.4, 0.5) is 11.9 Å². The lowest BCUT2D eigenvalue weighted by atomic mass is 10.3. The van der Waals surface area contributed by atoms with Crippen molar-refractivity contribution in [1.82, 2.24) is 15.0 Å². The minimum atomic E-state index is -0.562. The molecule has 1 unspecified atom stereocenters. The number of carbonyl (C=O) groups excluding carboxylic acids is 1. The van der Waals surface area contributed by atoms with Gasteiger partial charge in [0.15, 0.2) is 0 Å². The van der Waals surface area contributed by atoms with E-state index in [1.165, 1.54) is 7.11 Å². The Morgan fingerprint density at radius 1 is 1.41 bits per heavy atom. The molecule has 8 heteroatoms. The third-order valence-corrected chi connectivity index (χ3v) is 2.07. The largest absolute Gasteiger partial charge is 0.467 e. The van der Waals surface area contributed by atoms with E-state index in [2.05, 4.69) is 25.0 Å². The molecule has 1 rings (SSSR count). The lowest BCUT2D eigenvalue weighted by molar-refractivity contribution is -0.141. The van der Waals surface area contributed by atoms with E-state index in [1.807, 2.05) is 0 Å². The van der Waals surface area contributed by atoms with E-state index in [0.29, 0.717) is 5.95 Å². The van der Waals surface area contributed by atoms with Crippen LogP contribution in [0.15, 0.2) is 0 Å². The van der Waals surface area contributed by atoms with Gasteiger partial charge in [0.1, 0.15) is 6.04 Å². The average Bonchev–Trinajstić information content (AvgIpc) is 2.26. The van der Waals surface area contributed by atoms with Crippen LogP contribution >= 0.6 is 11.6 Å². The highest BCUT2D eigenvalue weighted by Crippen LogP contribution is 2.12. The summed E-state index contributed by atoms with van der Waals surface area (Å²) in [7, 11) is 4.87. The molecule has 0 saturated heterocycles. The van der Waals surface area contributed by atoms with Crippen LogP contribution in [0.25, 0.3) is 0 Å². The highest BCUT2D eigenvalue weighted by molar-refractivity contribution is 6.28. The van der Waals surface area contributed by atoms with Crippen molar-refractivity contribution in [1.29, 1.82) is 0 Å². The molecule has 1 heterocycles. The van der Waals surface area contributed by atoms with E-state index in [1.54, 1.807) is 25.9 Å². The first-order valence-electron chi connectivity index (χ1n) is 4.87. The van der Waals surface area contributed by atoms with Gasteiger partial charge < -0.3 is 15.0 Å². The molecule has 1 N–H and O–H groups in total. The SMILES string of the molecule is COC(=O)C(C)Nc1nc(Cl)nc(N(C)C)n1. The average molecular weight is 260 g/mol. The van der Waals surface area contributed by atoms with Crippen LogP contribution < -0.4 is 10.2 Å². The number of rotatable bonds is 4. The molecule has 0 spiro atoms. The third kappa shape index (κ3) is 3.70. The Hall–Kier alpha value is -1.63. The number of anilines is 2. The maximum atomic E-state index is 11.2. The lowest BCUT2D eigenvalue weighted by Crippen LogP contribution is -2.28. The molecule has 0 saturated carbocycles. The number of aromatic nitrogens is 3. The number of hydrogen-bond acceptors (Lipinski definition) is 7. The van der Waals surface area contributed by atoms with E-state index in [4.69, 9.17) is 11.6 Å². The number of ether oxygens (including phenoxy) is 1. The molecule has 1 atom stereocenters. The molecule has 0 fully saturated rings. The van der Waals surface area contributed by atoms with Gasteiger partial charge in [-0.2, -0.15) is 15.0 Å². The first-order valence-corrected chi connectivity index (χ1v) is 5.25. The number of methoxy groups -OCH3 is 1. The first kappa shape index (κ1) is 13.4. The predicted octanol–water partition coefficient (Wildman–Crippen LogP) is 0.564. The summed E-state index contributed by atoms with van der Waals surface area (Å²) in [6.45, 7) is 1.64. The quantitative estimate of drug-likeness (QED) is 0.792. The molecule has 94 valence electrons. The van der Waals surface area contributed by atoms with Crippen LogP contribution in [0.2, 0.25) is 5.28 Å². The van der Waals surface area contributed by atoms with Gasteiger partial charge in [-0.25, -0.2) is 4.79 Å². The summed E-state index contributed by atoms with van der Waals surface area (Å²) in [5, 5.41) is 2.84. The van der Waals surface area contributed by atoms with Gasteiger partial charge in [-0.05, 0) is 18.5 Å². The Kier molecular flexibility index (Phi) is 4.45. The summed E-state index contributed by atoms with van der Waals surface area (Å²) in [4.78, 5) is 24.8. The van der Waals surface area contributed by atoms with E-state index in [0.717, 1.165) is 0 Å². The van der Waals surface area contributed by atoms with Crippen molar-refractivity contribution in [3.8, 4) is 0 Å². The maximum Gasteiger partial charge on any atom is 0.328 e. The van der Waals surface area contributed by atoms with Crippen molar-refractivity contribution in [3.63, 3.8) is 0 Å². The highest BCUT2D eigenvalue weighted by atomic mass is 35.5. The van der Waals surface area contributed by atoms with Gasteiger partial charge in [-0.1, -0.05) is 0 Å². The number of nitrogens with one attached hydrogen (secondary N) is 1. The molecule has 0 aliphatic rings. The normalized spacial score (nSPS) is 11.8. The predicted molar refractivity (Wildman–Crippen MR) is 64.3 cm³/mol. The molecule has 1 aromatic heterocycles. The second-order valence-corrected chi connectivity index (χ2v) is 3.85. The van der Waals surface area contributed by atoms with E-state index < -0.39 is 12.0 Å². The topological polar surface area (TPSA) is 80.2 Å². The zero-order valence-electron chi connectivity index (χ0n) is 10.1. The van der Waals surface area contributed by atoms with Crippen LogP contribution in [-0.4, -0.2) is 48.2 Å². The van der Waals surface area contributed by atoms with Crippen molar-refractivity contribution in [2.45, 2.75) is 13.0 Å². The number of hydrogen-bond donors (Lipinski definition) is 1. The van der Waals surface area contributed by atoms with Crippen LogP contribution in [0, 0.1) is 0 Å². The summed E-state index contributed by atoms with van der Waals surface area (Å²) in [6.07, 6.45) is 0. The van der Waals surface area contributed by atoms with Gasteiger partial charge in [-0.3, -0.25) is 0 Å². The standard InChI is InChI=1S/C9H14ClN5O2/c1-5(6(16)17-4)11-8-12-7(10)13-9(14-8)15(2)3/h5H,1-4H3,(H,11,12,13,14).